The van der Waals surface area contributed by atoms with E-state index in [-0.39, 0.29) is 22.8 Å². The summed E-state index contributed by atoms with van der Waals surface area (Å²) in [7, 11) is 0. The van der Waals surface area contributed by atoms with Crippen molar-refractivity contribution >= 4 is 23.5 Å². The van der Waals surface area contributed by atoms with Crippen LogP contribution in [0.3, 0.4) is 0 Å². The van der Waals surface area contributed by atoms with Gasteiger partial charge in [-0.2, -0.15) is 0 Å². The SMILES string of the molecule is O=C(NC(Cc1ccc(-c2ccccc2CNCCc2ccc(O)cc2)cc1)C(=O)O)c1ccccc1Cl. The minimum Gasteiger partial charge on any atom is -0.508 e. The van der Waals surface area contributed by atoms with Crippen molar-refractivity contribution in [2.24, 2.45) is 0 Å². The maximum absolute atomic E-state index is 12.6. The number of rotatable bonds is 11. The Balaban J connectivity index is 1.38. The Labute approximate surface area is 226 Å². The highest BCUT2D eigenvalue weighted by atomic mass is 35.5. The van der Waals surface area contributed by atoms with Gasteiger partial charge in [-0.1, -0.05) is 84.4 Å². The van der Waals surface area contributed by atoms with E-state index in [1.54, 1.807) is 36.4 Å². The van der Waals surface area contributed by atoms with Gasteiger partial charge in [0.15, 0.2) is 0 Å². The number of aromatic hydroxyl groups is 1. The van der Waals surface area contributed by atoms with E-state index in [2.05, 4.69) is 22.8 Å². The molecule has 1 unspecified atom stereocenters. The first-order chi connectivity index (χ1) is 18.4. The molecule has 0 aliphatic rings. The number of benzene rings is 4. The van der Waals surface area contributed by atoms with E-state index < -0.39 is 17.9 Å². The summed E-state index contributed by atoms with van der Waals surface area (Å²) in [6.45, 7) is 1.50. The second kappa shape index (κ2) is 12.9. The standard InChI is InChI=1S/C31H29ClN2O4/c32-28-8-4-3-7-27(28)30(36)34-29(31(37)38)19-22-9-13-23(14-10-22)26-6-2-1-5-24(26)20-33-18-17-21-11-15-25(35)16-12-21/h1-16,29,33,35H,17-20H2,(H,34,36)(H,37,38). The highest BCUT2D eigenvalue weighted by molar-refractivity contribution is 6.33. The van der Waals surface area contributed by atoms with Gasteiger partial charge >= 0.3 is 5.97 Å². The van der Waals surface area contributed by atoms with Crippen molar-refractivity contribution in [1.29, 1.82) is 0 Å². The van der Waals surface area contributed by atoms with E-state index in [0.717, 1.165) is 40.8 Å². The molecule has 1 atom stereocenters. The lowest BCUT2D eigenvalue weighted by Gasteiger charge is -2.16. The second-order valence-corrected chi connectivity index (χ2v) is 9.40. The molecule has 0 bridgehead atoms. The molecule has 4 aromatic carbocycles. The van der Waals surface area contributed by atoms with E-state index in [0.29, 0.717) is 6.54 Å². The number of aliphatic carboxylic acids is 1. The number of carboxylic acids is 1. The molecule has 4 N–H and O–H groups in total. The number of amides is 1. The van der Waals surface area contributed by atoms with E-state index in [1.807, 2.05) is 48.5 Å². The third-order valence-corrected chi connectivity index (χ3v) is 6.62. The zero-order chi connectivity index (χ0) is 26.9. The first-order valence-corrected chi connectivity index (χ1v) is 12.7. The van der Waals surface area contributed by atoms with Crippen LogP contribution in [0, 0.1) is 0 Å². The number of hydrogen-bond donors (Lipinski definition) is 4. The van der Waals surface area contributed by atoms with Crippen LogP contribution in [0.15, 0.2) is 97.1 Å². The molecule has 4 rings (SSSR count). The Hall–Kier alpha value is -4.13. The zero-order valence-electron chi connectivity index (χ0n) is 20.7. The van der Waals surface area contributed by atoms with Gasteiger partial charge in [0.25, 0.3) is 5.91 Å². The van der Waals surface area contributed by atoms with E-state index in [4.69, 9.17) is 11.6 Å². The van der Waals surface area contributed by atoms with E-state index in [1.165, 1.54) is 0 Å². The van der Waals surface area contributed by atoms with Crippen LogP contribution in [-0.4, -0.2) is 34.7 Å². The van der Waals surface area contributed by atoms with Gasteiger partial charge in [-0.15, -0.1) is 0 Å². The van der Waals surface area contributed by atoms with E-state index >= 15 is 0 Å². The van der Waals surface area contributed by atoms with Crippen molar-refractivity contribution in [2.75, 3.05) is 6.54 Å². The molecular weight excluding hydrogens is 500 g/mol. The number of phenolic OH excluding ortho intramolecular Hbond substituents is 1. The molecule has 0 heterocycles. The lowest BCUT2D eigenvalue weighted by atomic mass is 9.97. The number of halogens is 1. The van der Waals surface area contributed by atoms with Crippen LogP contribution in [0.5, 0.6) is 5.75 Å². The van der Waals surface area contributed by atoms with Gasteiger partial charge in [0.1, 0.15) is 11.8 Å². The monoisotopic (exact) mass is 528 g/mol. The van der Waals surface area contributed by atoms with Crippen LogP contribution in [-0.2, 0) is 24.2 Å². The number of carbonyl (C=O) groups is 2. The average Bonchev–Trinajstić information content (AvgIpc) is 2.92. The second-order valence-electron chi connectivity index (χ2n) is 9.00. The fourth-order valence-electron chi connectivity index (χ4n) is 4.21. The van der Waals surface area contributed by atoms with Gasteiger partial charge in [-0.05, 0) is 65.0 Å². The van der Waals surface area contributed by atoms with Crippen LogP contribution in [0.1, 0.15) is 27.0 Å². The van der Waals surface area contributed by atoms with Gasteiger partial charge in [0.05, 0.1) is 10.6 Å². The first-order valence-electron chi connectivity index (χ1n) is 12.3. The highest BCUT2D eigenvalue weighted by Gasteiger charge is 2.22. The van der Waals surface area contributed by atoms with Crippen molar-refractivity contribution in [1.82, 2.24) is 10.6 Å². The van der Waals surface area contributed by atoms with Crippen LogP contribution in [0.4, 0.5) is 0 Å². The number of phenols is 1. The van der Waals surface area contributed by atoms with Crippen molar-refractivity contribution in [3.63, 3.8) is 0 Å². The summed E-state index contributed by atoms with van der Waals surface area (Å²) in [5, 5.41) is 25.4. The zero-order valence-corrected chi connectivity index (χ0v) is 21.5. The number of hydrogen-bond acceptors (Lipinski definition) is 4. The maximum Gasteiger partial charge on any atom is 0.326 e. The average molecular weight is 529 g/mol. The van der Waals surface area contributed by atoms with Crippen molar-refractivity contribution in [3.8, 4) is 16.9 Å². The van der Waals surface area contributed by atoms with Crippen molar-refractivity contribution in [2.45, 2.75) is 25.4 Å². The maximum atomic E-state index is 12.6. The minimum atomic E-state index is -1.11. The van der Waals surface area contributed by atoms with Crippen LogP contribution in [0.25, 0.3) is 11.1 Å². The van der Waals surface area contributed by atoms with Gasteiger partial charge in [0, 0.05) is 13.0 Å². The predicted molar refractivity (Wildman–Crippen MR) is 149 cm³/mol. The Morgan fingerprint density at radius 2 is 1.47 bits per heavy atom. The summed E-state index contributed by atoms with van der Waals surface area (Å²) in [6, 6.07) is 28.6. The van der Waals surface area contributed by atoms with E-state index in [9.17, 15) is 19.8 Å². The number of carboxylic acid groups (broad SMARTS) is 1. The minimum absolute atomic E-state index is 0.145. The van der Waals surface area contributed by atoms with Gasteiger partial charge in [0.2, 0.25) is 0 Å². The largest absolute Gasteiger partial charge is 0.508 e. The molecule has 0 saturated heterocycles. The summed E-state index contributed by atoms with van der Waals surface area (Å²) in [6.07, 6.45) is 1.00. The molecule has 6 nitrogen and oxygen atoms in total. The fourth-order valence-corrected chi connectivity index (χ4v) is 4.43. The molecule has 194 valence electrons. The predicted octanol–water partition coefficient (Wildman–Crippen LogP) is 5.47. The molecule has 0 aliphatic heterocycles. The molecule has 4 aromatic rings. The molecule has 0 aromatic heterocycles. The Bertz CT molecular complexity index is 1390. The molecule has 0 aliphatic carbocycles. The number of nitrogens with one attached hydrogen (secondary N) is 2. The van der Waals surface area contributed by atoms with Gasteiger partial charge in [-0.25, -0.2) is 4.79 Å². The molecule has 0 fully saturated rings. The molecule has 0 saturated carbocycles. The molecule has 0 spiro atoms. The van der Waals surface area contributed by atoms with Crippen LogP contribution < -0.4 is 10.6 Å². The molecule has 1 amide bonds. The Morgan fingerprint density at radius 1 is 0.816 bits per heavy atom. The lowest BCUT2D eigenvalue weighted by Crippen LogP contribution is -2.42. The molecule has 0 radical (unpaired) electrons. The summed E-state index contributed by atoms with van der Waals surface area (Å²) >= 11 is 6.08. The topological polar surface area (TPSA) is 98.7 Å². The third kappa shape index (κ3) is 7.22. The Morgan fingerprint density at radius 3 is 2.18 bits per heavy atom. The van der Waals surface area contributed by atoms with Gasteiger partial charge < -0.3 is 20.8 Å². The quantitative estimate of drug-likeness (QED) is 0.193. The van der Waals surface area contributed by atoms with Crippen molar-refractivity contribution in [3.05, 3.63) is 124 Å². The third-order valence-electron chi connectivity index (χ3n) is 6.29. The summed E-state index contributed by atoms with van der Waals surface area (Å²) in [5.41, 5.74) is 5.46. The Kier molecular flexibility index (Phi) is 9.14. The fraction of sp³-hybridized carbons (Fsp3) is 0.161. The lowest BCUT2D eigenvalue weighted by molar-refractivity contribution is -0.139. The molecular formula is C31H29ClN2O4. The van der Waals surface area contributed by atoms with Crippen LogP contribution in [0.2, 0.25) is 5.02 Å². The molecule has 38 heavy (non-hydrogen) atoms. The number of carbonyl (C=O) groups excluding carboxylic acids is 1. The smallest absolute Gasteiger partial charge is 0.326 e. The first kappa shape index (κ1) is 26.9. The molecule has 7 heteroatoms. The summed E-state index contributed by atoms with van der Waals surface area (Å²) in [5.74, 6) is -1.37. The summed E-state index contributed by atoms with van der Waals surface area (Å²) < 4.78 is 0. The van der Waals surface area contributed by atoms with Crippen molar-refractivity contribution < 1.29 is 19.8 Å². The summed E-state index contributed by atoms with van der Waals surface area (Å²) in [4.78, 5) is 24.4. The highest BCUT2D eigenvalue weighted by Crippen LogP contribution is 2.25. The normalized spacial score (nSPS) is 11.6. The van der Waals surface area contributed by atoms with Gasteiger partial charge in [-0.3, -0.25) is 4.79 Å². The van der Waals surface area contributed by atoms with Crippen LogP contribution >= 0.6 is 11.6 Å².